The number of hydrogen-bond donors (Lipinski definition) is 0. The summed E-state index contributed by atoms with van der Waals surface area (Å²) in [4.78, 5) is 0. The van der Waals surface area contributed by atoms with Crippen LogP contribution in [0.4, 0.5) is 8.78 Å². The Bertz CT molecular complexity index is 586. The molecule has 2 aromatic carbocycles. The predicted octanol–water partition coefficient (Wildman–Crippen LogP) is 4.89. The van der Waals surface area contributed by atoms with E-state index in [1.807, 2.05) is 31.2 Å². The molecule has 0 heterocycles. The summed E-state index contributed by atoms with van der Waals surface area (Å²) in [5.74, 6) is -0.478. The van der Waals surface area contributed by atoms with Crippen molar-refractivity contribution in [2.45, 2.75) is 18.7 Å². The first-order valence-corrected chi connectivity index (χ1v) is 6.85. The Hall–Kier alpha value is -1.61. The van der Waals surface area contributed by atoms with Crippen LogP contribution in [0, 0.1) is 11.6 Å². The zero-order chi connectivity index (χ0) is 14.5. The average molecular weight is 297 g/mol. The maximum Gasteiger partial charge on any atom is 0.129 e. The summed E-state index contributed by atoms with van der Waals surface area (Å²) in [5.41, 5.74) is 1.19. The van der Waals surface area contributed by atoms with Crippen LogP contribution in [0.25, 0.3) is 0 Å². The van der Waals surface area contributed by atoms with Gasteiger partial charge in [0, 0.05) is 11.6 Å². The topological polar surface area (TPSA) is 9.23 Å². The highest BCUT2D eigenvalue weighted by molar-refractivity contribution is 6.21. The summed E-state index contributed by atoms with van der Waals surface area (Å²) in [6, 6.07) is 10.9. The molecule has 0 saturated heterocycles. The highest BCUT2D eigenvalue weighted by Gasteiger charge is 2.16. The first kappa shape index (κ1) is 14.8. The number of ether oxygens (including phenoxy) is 1. The summed E-state index contributed by atoms with van der Waals surface area (Å²) in [6.45, 7) is 2.42. The van der Waals surface area contributed by atoms with Gasteiger partial charge in [-0.3, -0.25) is 0 Å². The van der Waals surface area contributed by atoms with Crippen LogP contribution in [0.1, 0.15) is 23.4 Å². The molecule has 0 aliphatic heterocycles. The second kappa shape index (κ2) is 6.71. The maximum atomic E-state index is 13.6. The molecule has 20 heavy (non-hydrogen) atoms. The molecule has 0 amide bonds. The lowest BCUT2D eigenvalue weighted by Gasteiger charge is -2.15. The molecule has 2 rings (SSSR count). The molecule has 1 nitrogen and oxygen atoms in total. The highest BCUT2D eigenvalue weighted by Crippen LogP contribution is 2.32. The van der Waals surface area contributed by atoms with Crippen molar-refractivity contribution in [1.29, 1.82) is 0 Å². The van der Waals surface area contributed by atoms with E-state index >= 15 is 0 Å². The van der Waals surface area contributed by atoms with Gasteiger partial charge >= 0.3 is 0 Å². The van der Waals surface area contributed by atoms with Gasteiger partial charge in [-0.25, -0.2) is 8.78 Å². The molecule has 0 bridgehead atoms. The number of halogens is 3. The molecule has 0 aliphatic rings. The van der Waals surface area contributed by atoms with Gasteiger partial charge < -0.3 is 4.74 Å². The van der Waals surface area contributed by atoms with E-state index in [1.165, 1.54) is 12.1 Å². The van der Waals surface area contributed by atoms with Gasteiger partial charge in [-0.1, -0.05) is 24.3 Å². The Kier molecular flexibility index (Phi) is 4.96. The largest absolute Gasteiger partial charge is 0.494 e. The van der Waals surface area contributed by atoms with E-state index in [4.69, 9.17) is 16.3 Å². The standard InChI is InChI=1S/C16H15ClF2O/c1-2-20-16-6-4-3-5-13(16)14(17)9-11-7-8-12(18)10-15(11)19/h3-8,10,14H,2,9H2,1H3. The van der Waals surface area contributed by atoms with Crippen molar-refractivity contribution in [3.63, 3.8) is 0 Å². The Morgan fingerprint density at radius 3 is 2.60 bits per heavy atom. The third-order valence-electron chi connectivity index (χ3n) is 2.97. The zero-order valence-electron chi connectivity index (χ0n) is 11.1. The summed E-state index contributed by atoms with van der Waals surface area (Å²) in [6.07, 6.45) is 0.276. The van der Waals surface area contributed by atoms with Gasteiger partial charge in [-0.15, -0.1) is 11.6 Å². The van der Waals surface area contributed by atoms with E-state index in [9.17, 15) is 8.78 Å². The van der Waals surface area contributed by atoms with Crippen molar-refractivity contribution in [2.75, 3.05) is 6.61 Å². The Labute approximate surface area is 122 Å². The molecule has 4 heteroatoms. The number of alkyl halides is 1. The molecule has 0 N–H and O–H groups in total. The molecular weight excluding hydrogens is 282 g/mol. The SMILES string of the molecule is CCOc1ccccc1C(Cl)Cc1ccc(F)cc1F. The molecule has 0 radical (unpaired) electrons. The summed E-state index contributed by atoms with van der Waals surface area (Å²) >= 11 is 6.35. The monoisotopic (exact) mass is 296 g/mol. The van der Waals surface area contributed by atoms with Gasteiger partial charge in [0.15, 0.2) is 0 Å². The van der Waals surface area contributed by atoms with Crippen molar-refractivity contribution in [1.82, 2.24) is 0 Å². The van der Waals surface area contributed by atoms with E-state index in [1.54, 1.807) is 0 Å². The third kappa shape index (κ3) is 3.48. The van der Waals surface area contributed by atoms with Crippen LogP contribution >= 0.6 is 11.6 Å². The van der Waals surface area contributed by atoms with Crippen molar-refractivity contribution in [2.24, 2.45) is 0 Å². The lowest BCUT2D eigenvalue weighted by atomic mass is 10.0. The molecule has 0 aliphatic carbocycles. The lowest BCUT2D eigenvalue weighted by molar-refractivity contribution is 0.336. The van der Waals surface area contributed by atoms with Crippen LogP contribution in [-0.4, -0.2) is 6.61 Å². The molecule has 106 valence electrons. The van der Waals surface area contributed by atoms with E-state index in [0.29, 0.717) is 17.9 Å². The van der Waals surface area contributed by atoms with Crippen LogP contribution < -0.4 is 4.74 Å². The van der Waals surface area contributed by atoms with Gasteiger partial charge in [-0.2, -0.15) is 0 Å². The van der Waals surface area contributed by atoms with E-state index in [-0.39, 0.29) is 6.42 Å². The summed E-state index contributed by atoms with van der Waals surface area (Å²) in [7, 11) is 0. The quantitative estimate of drug-likeness (QED) is 0.714. The minimum atomic E-state index is -0.591. The van der Waals surface area contributed by atoms with Crippen LogP contribution in [0.15, 0.2) is 42.5 Å². The van der Waals surface area contributed by atoms with Crippen LogP contribution in [0.2, 0.25) is 0 Å². The van der Waals surface area contributed by atoms with Crippen LogP contribution in [0.3, 0.4) is 0 Å². The summed E-state index contributed by atoms with van der Waals surface area (Å²) < 4.78 is 32.0. The summed E-state index contributed by atoms with van der Waals surface area (Å²) in [5, 5.41) is -0.433. The van der Waals surface area contributed by atoms with Crippen molar-refractivity contribution in [3.05, 3.63) is 65.2 Å². The first-order valence-electron chi connectivity index (χ1n) is 6.41. The Morgan fingerprint density at radius 2 is 1.90 bits per heavy atom. The maximum absolute atomic E-state index is 13.6. The minimum Gasteiger partial charge on any atom is -0.494 e. The molecule has 0 saturated carbocycles. The molecule has 2 aromatic rings. The van der Waals surface area contributed by atoms with Gasteiger partial charge in [0.25, 0.3) is 0 Å². The fourth-order valence-electron chi connectivity index (χ4n) is 2.02. The molecule has 0 spiro atoms. The van der Waals surface area contributed by atoms with Gasteiger partial charge in [0.05, 0.1) is 12.0 Å². The average Bonchev–Trinajstić information content (AvgIpc) is 2.43. The van der Waals surface area contributed by atoms with Crippen LogP contribution in [-0.2, 0) is 6.42 Å². The Morgan fingerprint density at radius 1 is 1.15 bits per heavy atom. The molecule has 0 fully saturated rings. The highest BCUT2D eigenvalue weighted by atomic mass is 35.5. The van der Waals surface area contributed by atoms with Gasteiger partial charge in [0.2, 0.25) is 0 Å². The fourth-order valence-corrected chi connectivity index (χ4v) is 2.36. The number of benzene rings is 2. The number of para-hydroxylation sites is 1. The normalized spacial score (nSPS) is 12.2. The molecule has 0 aromatic heterocycles. The Balaban J connectivity index is 2.21. The number of hydrogen-bond acceptors (Lipinski definition) is 1. The van der Waals surface area contributed by atoms with Gasteiger partial charge in [0.1, 0.15) is 17.4 Å². The fraction of sp³-hybridized carbons (Fsp3) is 0.250. The van der Waals surface area contributed by atoms with E-state index < -0.39 is 17.0 Å². The van der Waals surface area contributed by atoms with Crippen molar-refractivity contribution >= 4 is 11.6 Å². The zero-order valence-corrected chi connectivity index (χ0v) is 11.8. The van der Waals surface area contributed by atoms with E-state index in [2.05, 4.69) is 0 Å². The first-order chi connectivity index (χ1) is 9.61. The molecule has 1 unspecified atom stereocenters. The van der Waals surface area contributed by atoms with E-state index in [0.717, 1.165) is 11.6 Å². The second-order valence-electron chi connectivity index (χ2n) is 4.38. The lowest BCUT2D eigenvalue weighted by Crippen LogP contribution is -2.02. The molecular formula is C16H15ClF2O. The van der Waals surface area contributed by atoms with Gasteiger partial charge in [-0.05, 0) is 31.0 Å². The van der Waals surface area contributed by atoms with Crippen molar-refractivity contribution in [3.8, 4) is 5.75 Å². The van der Waals surface area contributed by atoms with Crippen LogP contribution in [0.5, 0.6) is 5.75 Å². The predicted molar refractivity (Wildman–Crippen MR) is 76.3 cm³/mol. The van der Waals surface area contributed by atoms with Crippen molar-refractivity contribution < 1.29 is 13.5 Å². The smallest absolute Gasteiger partial charge is 0.129 e. The number of rotatable bonds is 5. The second-order valence-corrected chi connectivity index (χ2v) is 4.91. The minimum absolute atomic E-state index is 0.276. The third-order valence-corrected chi connectivity index (χ3v) is 3.36. The molecule has 1 atom stereocenters.